The maximum absolute atomic E-state index is 11.8. The number of nitro groups is 1. The summed E-state index contributed by atoms with van der Waals surface area (Å²) in [4.78, 5) is 21.8. The summed E-state index contributed by atoms with van der Waals surface area (Å²) in [7, 11) is 0. The maximum atomic E-state index is 11.8. The first kappa shape index (κ1) is 16.8. The number of rotatable bonds is 7. The third-order valence-corrected chi connectivity index (χ3v) is 3.79. The molecule has 110 valence electrons. The van der Waals surface area contributed by atoms with Crippen LogP contribution in [0.25, 0.3) is 0 Å². The first-order valence-corrected chi connectivity index (χ1v) is 7.19. The molecule has 0 heterocycles. The van der Waals surface area contributed by atoms with Crippen LogP contribution in [-0.2, 0) is 9.53 Å². The van der Waals surface area contributed by atoms with Gasteiger partial charge in [0.2, 0.25) is 0 Å². The summed E-state index contributed by atoms with van der Waals surface area (Å²) in [6, 6.07) is 5.75. The molecule has 0 radical (unpaired) electrons. The summed E-state index contributed by atoms with van der Waals surface area (Å²) < 4.78 is 4.49. The molecule has 0 saturated carbocycles. The van der Waals surface area contributed by atoms with E-state index in [1.165, 1.54) is 24.3 Å². The Morgan fingerprint density at radius 3 is 2.60 bits per heavy atom. The van der Waals surface area contributed by atoms with Gasteiger partial charge in [-0.15, -0.1) is 0 Å². The number of hydrogen-bond donors (Lipinski definition) is 1. The predicted octanol–water partition coefficient (Wildman–Crippen LogP) is 2.33. The Hall–Kier alpha value is -1.26. The minimum Gasteiger partial charge on any atom is -0.463 e. The molecule has 20 heavy (non-hydrogen) atoms. The first-order chi connectivity index (χ1) is 9.45. The number of benzene rings is 1. The van der Waals surface area contributed by atoms with E-state index in [0.29, 0.717) is 12.1 Å². The fourth-order valence-electron chi connectivity index (χ4n) is 1.38. The van der Waals surface area contributed by atoms with Crippen LogP contribution >= 0.6 is 22.6 Å². The second-order valence-corrected chi connectivity index (χ2v) is 5.17. The van der Waals surface area contributed by atoms with Crippen molar-refractivity contribution >= 4 is 34.2 Å². The average Bonchev–Trinajstić information content (AvgIpc) is 2.46. The number of non-ortho nitro benzene ring substituents is 1. The SMILES string of the molecule is CCN(O)CCOC(=O)C(I)c1ccc([N+](=O)[O-])cc1. The summed E-state index contributed by atoms with van der Waals surface area (Å²) in [6.45, 7) is 2.56. The van der Waals surface area contributed by atoms with Crippen LogP contribution < -0.4 is 0 Å². The second kappa shape index (κ2) is 8.12. The lowest BCUT2D eigenvalue weighted by molar-refractivity contribution is -0.384. The summed E-state index contributed by atoms with van der Waals surface area (Å²) in [5.74, 6) is -0.441. The van der Waals surface area contributed by atoms with Crippen molar-refractivity contribution in [2.75, 3.05) is 19.7 Å². The number of likely N-dealkylation sites (N-methyl/N-ethyl adjacent to an activating group) is 1. The topological polar surface area (TPSA) is 92.9 Å². The van der Waals surface area contributed by atoms with Gasteiger partial charge in [0.1, 0.15) is 10.5 Å². The number of alkyl halides is 1. The highest BCUT2D eigenvalue weighted by atomic mass is 127. The molecule has 7 nitrogen and oxygen atoms in total. The normalized spacial score (nSPS) is 12.2. The molecular weight excluding hydrogens is 379 g/mol. The van der Waals surface area contributed by atoms with Crippen LogP contribution in [0, 0.1) is 10.1 Å². The van der Waals surface area contributed by atoms with E-state index < -0.39 is 14.8 Å². The van der Waals surface area contributed by atoms with E-state index in [9.17, 15) is 20.1 Å². The molecule has 0 aliphatic rings. The van der Waals surface area contributed by atoms with Crippen molar-refractivity contribution in [3.05, 3.63) is 39.9 Å². The Labute approximate surface area is 129 Å². The number of carbonyl (C=O) groups is 1. The van der Waals surface area contributed by atoms with Crippen molar-refractivity contribution in [3.63, 3.8) is 0 Å². The molecule has 0 spiro atoms. The van der Waals surface area contributed by atoms with Gasteiger partial charge < -0.3 is 9.94 Å². The largest absolute Gasteiger partial charge is 0.463 e. The van der Waals surface area contributed by atoms with Crippen LogP contribution in [0.2, 0.25) is 0 Å². The standard InChI is InChI=1S/C12H15IN2O5/c1-2-14(17)7-8-20-12(16)11(13)9-3-5-10(6-4-9)15(18)19/h3-6,11,17H,2,7-8H2,1H3. The monoisotopic (exact) mass is 394 g/mol. The Morgan fingerprint density at radius 2 is 2.10 bits per heavy atom. The number of nitrogens with zero attached hydrogens (tertiary/aromatic N) is 2. The molecule has 1 atom stereocenters. The lowest BCUT2D eigenvalue weighted by atomic mass is 10.1. The summed E-state index contributed by atoms with van der Waals surface area (Å²) in [5, 5.41) is 20.8. The number of ether oxygens (including phenoxy) is 1. The maximum Gasteiger partial charge on any atom is 0.323 e. The van der Waals surface area contributed by atoms with Gasteiger partial charge in [-0.1, -0.05) is 41.6 Å². The van der Waals surface area contributed by atoms with Gasteiger partial charge in [-0.2, -0.15) is 5.06 Å². The summed E-state index contributed by atoms with van der Waals surface area (Å²) in [5.41, 5.74) is 0.613. The van der Waals surface area contributed by atoms with Crippen molar-refractivity contribution in [2.24, 2.45) is 0 Å². The fourth-order valence-corrected chi connectivity index (χ4v) is 1.98. The molecule has 1 unspecified atom stereocenters. The quantitative estimate of drug-likeness (QED) is 0.251. The van der Waals surface area contributed by atoms with Crippen LogP contribution in [0.4, 0.5) is 5.69 Å². The lowest BCUT2D eigenvalue weighted by Crippen LogP contribution is -2.25. The van der Waals surface area contributed by atoms with E-state index in [-0.39, 0.29) is 18.8 Å². The fraction of sp³-hybridized carbons (Fsp3) is 0.417. The van der Waals surface area contributed by atoms with Crippen molar-refractivity contribution in [2.45, 2.75) is 10.8 Å². The van der Waals surface area contributed by atoms with E-state index in [1.54, 1.807) is 6.92 Å². The molecule has 1 aromatic rings. The van der Waals surface area contributed by atoms with E-state index >= 15 is 0 Å². The molecule has 1 N–H and O–H groups in total. The van der Waals surface area contributed by atoms with Crippen molar-refractivity contribution in [3.8, 4) is 0 Å². The van der Waals surface area contributed by atoms with Gasteiger partial charge in [-0.3, -0.25) is 14.9 Å². The molecule has 8 heteroatoms. The highest BCUT2D eigenvalue weighted by molar-refractivity contribution is 14.1. The smallest absolute Gasteiger partial charge is 0.323 e. The van der Waals surface area contributed by atoms with E-state index in [0.717, 1.165) is 5.06 Å². The van der Waals surface area contributed by atoms with Gasteiger partial charge in [0.25, 0.3) is 5.69 Å². The number of hydroxylamine groups is 2. The van der Waals surface area contributed by atoms with E-state index in [2.05, 4.69) is 0 Å². The van der Waals surface area contributed by atoms with Gasteiger partial charge in [-0.05, 0) is 5.56 Å². The zero-order chi connectivity index (χ0) is 15.1. The molecular formula is C12H15IN2O5. The Morgan fingerprint density at radius 1 is 1.50 bits per heavy atom. The molecule has 1 aromatic carbocycles. The third-order valence-electron chi connectivity index (χ3n) is 2.56. The molecule has 0 fully saturated rings. The van der Waals surface area contributed by atoms with Crippen LogP contribution in [0.3, 0.4) is 0 Å². The molecule has 0 aliphatic carbocycles. The van der Waals surface area contributed by atoms with Gasteiger partial charge in [0.15, 0.2) is 0 Å². The minimum atomic E-state index is -0.540. The predicted molar refractivity (Wildman–Crippen MR) is 79.8 cm³/mol. The van der Waals surface area contributed by atoms with Gasteiger partial charge in [0, 0.05) is 18.7 Å². The summed E-state index contributed by atoms with van der Waals surface area (Å²) >= 11 is 1.91. The highest BCUT2D eigenvalue weighted by Crippen LogP contribution is 2.26. The number of hydrogen-bond acceptors (Lipinski definition) is 6. The third kappa shape index (κ3) is 5.02. The molecule has 0 amide bonds. The molecule has 1 rings (SSSR count). The highest BCUT2D eigenvalue weighted by Gasteiger charge is 2.19. The Kier molecular flexibility index (Phi) is 6.82. The average molecular weight is 394 g/mol. The van der Waals surface area contributed by atoms with E-state index in [4.69, 9.17) is 4.74 Å². The molecule has 0 aromatic heterocycles. The number of carbonyl (C=O) groups excluding carboxylic acids is 1. The van der Waals surface area contributed by atoms with Crippen LogP contribution in [0.1, 0.15) is 16.4 Å². The minimum absolute atomic E-state index is 0.0235. The zero-order valence-electron chi connectivity index (χ0n) is 10.9. The summed E-state index contributed by atoms with van der Waals surface area (Å²) in [6.07, 6.45) is 0. The van der Waals surface area contributed by atoms with Gasteiger partial charge >= 0.3 is 5.97 Å². The molecule has 0 bridgehead atoms. The first-order valence-electron chi connectivity index (χ1n) is 5.94. The van der Waals surface area contributed by atoms with Crippen molar-refractivity contribution in [1.82, 2.24) is 5.06 Å². The second-order valence-electron chi connectivity index (χ2n) is 3.92. The number of nitro benzene ring substituents is 1. The van der Waals surface area contributed by atoms with Crippen LogP contribution in [-0.4, -0.2) is 40.9 Å². The van der Waals surface area contributed by atoms with Crippen molar-refractivity contribution in [1.29, 1.82) is 0 Å². The van der Waals surface area contributed by atoms with E-state index in [1.807, 2.05) is 22.6 Å². The van der Waals surface area contributed by atoms with Crippen LogP contribution in [0.5, 0.6) is 0 Å². The lowest BCUT2D eigenvalue weighted by Gasteiger charge is -2.14. The van der Waals surface area contributed by atoms with Crippen LogP contribution in [0.15, 0.2) is 24.3 Å². The molecule has 0 saturated heterocycles. The molecule has 0 aliphatic heterocycles. The van der Waals surface area contributed by atoms with Crippen molar-refractivity contribution < 1.29 is 19.7 Å². The Bertz CT molecular complexity index is 465. The Balaban J connectivity index is 2.53. The zero-order valence-corrected chi connectivity index (χ0v) is 13.0. The number of halogens is 1. The number of esters is 1. The van der Waals surface area contributed by atoms with Gasteiger partial charge in [-0.25, -0.2) is 0 Å². The van der Waals surface area contributed by atoms with Gasteiger partial charge in [0.05, 0.1) is 11.5 Å².